The van der Waals surface area contributed by atoms with E-state index in [1.807, 2.05) is 12.1 Å². The van der Waals surface area contributed by atoms with Crippen molar-refractivity contribution < 1.29 is 0 Å². The minimum absolute atomic E-state index is 0.368. The van der Waals surface area contributed by atoms with Gasteiger partial charge in [-0.1, -0.05) is 18.5 Å². The molecule has 3 N–H and O–H groups in total. The van der Waals surface area contributed by atoms with E-state index in [0.717, 1.165) is 17.8 Å². The Morgan fingerprint density at radius 2 is 2.00 bits per heavy atom. The van der Waals surface area contributed by atoms with Crippen molar-refractivity contribution in [2.75, 3.05) is 37.7 Å². The van der Waals surface area contributed by atoms with E-state index in [4.69, 9.17) is 17.3 Å². The summed E-state index contributed by atoms with van der Waals surface area (Å²) in [4.78, 5) is 2.40. The largest absolute Gasteiger partial charge is 0.398 e. The van der Waals surface area contributed by atoms with Gasteiger partial charge in [0.2, 0.25) is 0 Å². The van der Waals surface area contributed by atoms with E-state index in [0.29, 0.717) is 16.1 Å². The van der Waals surface area contributed by atoms with Crippen molar-refractivity contribution >= 4 is 23.0 Å². The molecule has 19 heavy (non-hydrogen) atoms. The molecule has 1 aliphatic rings. The van der Waals surface area contributed by atoms with E-state index in [1.165, 1.54) is 25.9 Å². The van der Waals surface area contributed by atoms with Gasteiger partial charge < -0.3 is 16.0 Å². The van der Waals surface area contributed by atoms with Crippen molar-refractivity contribution in [1.82, 2.24) is 4.90 Å². The minimum atomic E-state index is 0.368. The number of nitrogens with zero attached hydrogens (tertiary/aromatic N) is 1. The maximum absolute atomic E-state index is 6.09. The van der Waals surface area contributed by atoms with Crippen LogP contribution in [0.5, 0.6) is 0 Å². The van der Waals surface area contributed by atoms with Crippen LogP contribution in [0.1, 0.15) is 25.3 Å². The molecule has 1 fully saturated rings. The van der Waals surface area contributed by atoms with Gasteiger partial charge in [0.15, 0.2) is 0 Å². The summed E-state index contributed by atoms with van der Waals surface area (Å²) in [5.41, 5.74) is 9.07. The van der Waals surface area contributed by atoms with Crippen LogP contribution in [0, 0.1) is 12.3 Å². The van der Waals surface area contributed by atoms with Crippen LogP contribution in [0.3, 0.4) is 0 Å². The summed E-state index contributed by atoms with van der Waals surface area (Å²) in [6.45, 7) is 7.77. The molecule has 1 aliphatic heterocycles. The Morgan fingerprint density at radius 1 is 1.37 bits per heavy atom. The van der Waals surface area contributed by atoms with E-state index >= 15 is 0 Å². The molecule has 0 spiro atoms. The van der Waals surface area contributed by atoms with Gasteiger partial charge in [0, 0.05) is 12.2 Å². The third kappa shape index (κ3) is 3.54. The minimum Gasteiger partial charge on any atom is -0.398 e. The summed E-state index contributed by atoms with van der Waals surface area (Å²) >= 11 is 6.09. The molecule has 0 amide bonds. The number of nitrogen functional groups attached to an aromatic ring is 1. The predicted molar refractivity (Wildman–Crippen MR) is 83.9 cm³/mol. The third-order valence-corrected chi connectivity index (χ3v) is 4.57. The van der Waals surface area contributed by atoms with Gasteiger partial charge in [-0.2, -0.15) is 0 Å². The van der Waals surface area contributed by atoms with E-state index in [1.54, 1.807) is 0 Å². The molecule has 1 aromatic rings. The van der Waals surface area contributed by atoms with E-state index in [-0.39, 0.29) is 0 Å². The topological polar surface area (TPSA) is 41.3 Å². The van der Waals surface area contributed by atoms with Gasteiger partial charge >= 0.3 is 0 Å². The number of likely N-dealkylation sites (tertiary alicyclic amines) is 1. The van der Waals surface area contributed by atoms with Crippen molar-refractivity contribution in [3.63, 3.8) is 0 Å². The molecule has 1 saturated heterocycles. The third-order valence-electron chi connectivity index (χ3n) is 4.24. The van der Waals surface area contributed by atoms with Crippen molar-refractivity contribution in [3.05, 3.63) is 22.7 Å². The van der Waals surface area contributed by atoms with Crippen molar-refractivity contribution in [1.29, 1.82) is 0 Å². The zero-order chi connectivity index (χ0) is 14.0. The number of benzene rings is 1. The molecule has 4 heteroatoms. The van der Waals surface area contributed by atoms with E-state index < -0.39 is 0 Å². The molecule has 1 aromatic carbocycles. The number of piperidine rings is 1. The summed E-state index contributed by atoms with van der Waals surface area (Å²) in [6, 6.07) is 3.87. The second-order valence-electron chi connectivity index (χ2n) is 6.16. The molecular formula is C15H24ClN3. The molecule has 3 nitrogen and oxygen atoms in total. The fourth-order valence-corrected chi connectivity index (χ4v) is 2.70. The van der Waals surface area contributed by atoms with Gasteiger partial charge in [0.25, 0.3) is 0 Å². The van der Waals surface area contributed by atoms with Crippen LogP contribution < -0.4 is 11.1 Å². The first-order chi connectivity index (χ1) is 8.89. The van der Waals surface area contributed by atoms with Gasteiger partial charge in [0.05, 0.1) is 10.7 Å². The number of hydrogen-bond donors (Lipinski definition) is 2. The van der Waals surface area contributed by atoms with Crippen molar-refractivity contribution in [2.45, 2.75) is 26.7 Å². The highest BCUT2D eigenvalue weighted by Crippen LogP contribution is 2.32. The standard InChI is InChI=1S/C15H24ClN3/c1-11-8-13(17)12(16)9-14(11)18-10-15(2)4-6-19(3)7-5-15/h8-9,18H,4-7,10,17H2,1-3H3. The number of anilines is 2. The van der Waals surface area contributed by atoms with Crippen LogP contribution in [0.25, 0.3) is 0 Å². The lowest BCUT2D eigenvalue weighted by molar-refractivity contribution is 0.150. The van der Waals surface area contributed by atoms with Crippen molar-refractivity contribution in [2.24, 2.45) is 5.41 Å². The average molecular weight is 282 g/mol. The highest BCUT2D eigenvalue weighted by atomic mass is 35.5. The van der Waals surface area contributed by atoms with Gasteiger partial charge in [-0.25, -0.2) is 0 Å². The molecule has 0 unspecified atom stereocenters. The van der Waals surface area contributed by atoms with Gasteiger partial charge in [-0.3, -0.25) is 0 Å². The summed E-state index contributed by atoms with van der Waals surface area (Å²) in [6.07, 6.45) is 2.47. The van der Waals surface area contributed by atoms with Crippen LogP contribution >= 0.6 is 11.6 Å². The number of nitrogens with one attached hydrogen (secondary N) is 1. The van der Waals surface area contributed by atoms with Crippen molar-refractivity contribution in [3.8, 4) is 0 Å². The van der Waals surface area contributed by atoms with Gasteiger partial charge in [-0.15, -0.1) is 0 Å². The number of rotatable bonds is 3. The number of halogens is 1. The average Bonchev–Trinajstić information content (AvgIpc) is 2.36. The molecule has 0 aromatic heterocycles. The lowest BCUT2D eigenvalue weighted by Crippen LogP contribution is -2.40. The summed E-state index contributed by atoms with van der Waals surface area (Å²) in [7, 11) is 2.19. The fraction of sp³-hybridized carbons (Fsp3) is 0.600. The lowest BCUT2D eigenvalue weighted by Gasteiger charge is -2.38. The SMILES string of the molecule is Cc1cc(N)c(Cl)cc1NCC1(C)CCN(C)CC1. The van der Waals surface area contributed by atoms with E-state index in [2.05, 4.69) is 31.1 Å². The number of hydrogen-bond acceptors (Lipinski definition) is 3. The van der Waals surface area contributed by atoms with Crippen LogP contribution in [0.4, 0.5) is 11.4 Å². The Labute approximate surface area is 121 Å². The molecule has 0 saturated carbocycles. The normalized spacial score (nSPS) is 19.4. The first kappa shape index (κ1) is 14.5. The Balaban J connectivity index is 2.01. The zero-order valence-electron chi connectivity index (χ0n) is 12.1. The van der Waals surface area contributed by atoms with Crippen LogP contribution in [0.2, 0.25) is 5.02 Å². The molecule has 0 bridgehead atoms. The summed E-state index contributed by atoms with van der Waals surface area (Å²) in [5, 5.41) is 4.17. The quantitative estimate of drug-likeness (QED) is 0.835. The fourth-order valence-electron chi connectivity index (χ4n) is 2.54. The molecule has 0 aliphatic carbocycles. The van der Waals surface area contributed by atoms with Gasteiger partial charge in [0.1, 0.15) is 0 Å². The second-order valence-corrected chi connectivity index (χ2v) is 6.56. The highest BCUT2D eigenvalue weighted by Gasteiger charge is 2.28. The van der Waals surface area contributed by atoms with Crippen LogP contribution in [0.15, 0.2) is 12.1 Å². The van der Waals surface area contributed by atoms with Crippen LogP contribution in [-0.4, -0.2) is 31.6 Å². The maximum atomic E-state index is 6.09. The lowest BCUT2D eigenvalue weighted by atomic mass is 9.80. The first-order valence-corrected chi connectivity index (χ1v) is 7.25. The number of nitrogens with two attached hydrogens (primary N) is 1. The monoisotopic (exact) mass is 281 g/mol. The molecule has 1 heterocycles. The summed E-state index contributed by atoms with van der Waals surface area (Å²) < 4.78 is 0. The molecule has 106 valence electrons. The Hall–Kier alpha value is -0.930. The highest BCUT2D eigenvalue weighted by molar-refractivity contribution is 6.33. The predicted octanol–water partition coefficient (Wildman–Crippen LogP) is 3.37. The van der Waals surface area contributed by atoms with E-state index in [9.17, 15) is 0 Å². The van der Waals surface area contributed by atoms with Crippen LogP contribution in [-0.2, 0) is 0 Å². The van der Waals surface area contributed by atoms with Gasteiger partial charge in [-0.05, 0) is 63.0 Å². The zero-order valence-corrected chi connectivity index (χ0v) is 12.8. The molecular weight excluding hydrogens is 258 g/mol. The number of aryl methyl sites for hydroxylation is 1. The second kappa shape index (κ2) is 5.59. The molecule has 2 rings (SSSR count). The Morgan fingerprint density at radius 3 is 2.63 bits per heavy atom. The maximum Gasteiger partial charge on any atom is 0.0656 e. The molecule has 0 atom stereocenters. The molecule has 0 radical (unpaired) electrons. The smallest absolute Gasteiger partial charge is 0.0656 e. The Kier molecular flexibility index (Phi) is 4.26. The Bertz CT molecular complexity index is 451. The summed E-state index contributed by atoms with van der Waals surface area (Å²) in [5.74, 6) is 0. The first-order valence-electron chi connectivity index (χ1n) is 6.88.